The van der Waals surface area contributed by atoms with Gasteiger partial charge in [0.1, 0.15) is 6.61 Å². The SMILES string of the molecule is COc1cc(/C=C2/COC(=O)/C2=C/c2ccccc2)cc(OC)c1OC. The summed E-state index contributed by atoms with van der Waals surface area (Å²) in [6.07, 6.45) is 3.73. The zero-order valence-corrected chi connectivity index (χ0v) is 14.9. The second kappa shape index (κ2) is 7.78. The van der Waals surface area contributed by atoms with E-state index in [4.69, 9.17) is 18.9 Å². The molecule has 26 heavy (non-hydrogen) atoms. The number of rotatable bonds is 5. The molecule has 0 spiro atoms. The maximum atomic E-state index is 12.1. The number of hydrogen-bond acceptors (Lipinski definition) is 5. The highest BCUT2D eigenvalue weighted by molar-refractivity contribution is 6.02. The van der Waals surface area contributed by atoms with Crippen molar-refractivity contribution in [2.24, 2.45) is 0 Å². The number of carbonyl (C=O) groups excluding carboxylic acids is 1. The van der Waals surface area contributed by atoms with E-state index in [1.165, 1.54) is 0 Å². The Bertz CT molecular complexity index is 840. The maximum absolute atomic E-state index is 12.1. The summed E-state index contributed by atoms with van der Waals surface area (Å²) in [5, 5.41) is 0. The van der Waals surface area contributed by atoms with Crippen molar-refractivity contribution in [2.45, 2.75) is 0 Å². The van der Waals surface area contributed by atoms with E-state index in [1.54, 1.807) is 21.3 Å². The third-order valence-corrected chi connectivity index (χ3v) is 4.06. The lowest BCUT2D eigenvalue weighted by atomic mass is 10.0. The molecule has 1 aliphatic rings. The highest BCUT2D eigenvalue weighted by atomic mass is 16.5. The molecule has 2 aromatic carbocycles. The number of hydrogen-bond donors (Lipinski definition) is 0. The highest BCUT2D eigenvalue weighted by Gasteiger charge is 2.25. The van der Waals surface area contributed by atoms with Gasteiger partial charge < -0.3 is 18.9 Å². The molecule has 3 rings (SSSR count). The molecule has 2 aromatic rings. The Labute approximate surface area is 152 Å². The molecule has 1 saturated heterocycles. The minimum Gasteiger partial charge on any atom is -0.493 e. The van der Waals surface area contributed by atoms with Gasteiger partial charge in [-0.3, -0.25) is 0 Å². The topological polar surface area (TPSA) is 54.0 Å². The molecule has 5 nitrogen and oxygen atoms in total. The number of cyclic esters (lactones) is 1. The lowest BCUT2D eigenvalue weighted by Crippen LogP contribution is -1.96. The van der Waals surface area contributed by atoms with Crippen LogP contribution in [0.25, 0.3) is 12.2 Å². The normalized spacial score (nSPS) is 16.7. The Morgan fingerprint density at radius 3 is 2.12 bits per heavy atom. The molecule has 0 N–H and O–H groups in total. The van der Waals surface area contributed by atoms with Gasteiger partial charge in [-0.2, -0.15) is 0 Å². The molecule has 0 aliphatic carbocycles. The van der Waals surface area contributed by atoms with Crippen LogP contribution in [0, 0.1) is 0 Å². The van der Waals surface area contributed by atoms with Crippen molar-refractivity contribution in [3.8, 4) is 17.2 Å². The van der Waals surface area contributed by atoms with Crippen LogP contribution >= 0.6 is 0 Å². The average molecular weight is 352 g/mol. The molecular formula is C21H20O5. The van der Waals surface area contributed by atoms with Gasteiger partial charge in [0.25, 0.3) is 0 Å². The predicted molar refractivity (Wildman–Crippen MR) is 99.5 cm³/mol. The molecule has 1 heterocycles. The fraction of sp³-hybridized carbons (Fsp3) is 0.190. The summed E-state index contributed by atoms with van der Waals surface area (Å²) in [7, 11) is 4.69. The predicted octanol–water partition coefficient (Wildman–Crippen LogP) is 3.74. The van der Waals surface area contributed by atoms with Crippen LogP contribution in [0.2, 0.25) is 0 Å². The molecule has 0 atom stereocenters. The molecule has 0 aromatic heterocycles. The second-order valence-corrected chi connectivity index (χ2v) is 5.67. The van der Waals surface area contributed by atoms with Crippen molar-refractivity contribution in [1.82, 2.24) is 0 Å². The maximum Gasteiger partial charge on any atom is 0.338 e. The van der Waals surface area contributed by atoms with Crippen molar-refractivity contribution in [2.75, 3.05) is 27.9 Å². The minimum atomic E-state index is -0.326. The number of carbonyl (C=O) groups is 1. The van der Waals surface area contributed by atoms with Crippen LogP contribution in [-0.4, -0.2) is 33.9 Å². The summed E-state index contributed by atoms with van der Waals surface area (Å²) < 4.78 is 21.3. The quantitative estimate of drug-likeness (QED) is 0.606. The summed E-state index contributed by atoms with van der Waals surface area (Å²) >= 11 is 0. The monoisotopic (exact) mass is 352 g/mol. The minimum absolute atomic E-state index is 0.230. The van der Waals surface area contributed by atoms with Crippen LogP contribution in [0.3, 0.4) is 0 Å². The van der Waals surface area contributed by atoms with Gasteiger partial charge in [0.15, 0.2) is 11.5 Å². The first-order chi connectivity index (χ1) is 12.7. The van der Waals surface area contributed by atoms with E-state index in [0.717, 1.165) is 16.7 Å². The summed E-state index contributed by atoms with van der Waals surface area (Å²) in [4.78, 5) is 12.1. The van der Waals surface area contributed by atoms with Gasteiger partial charge in [-0.05, 0) is 35.4 Å². The third kappa shape index (κ3) is 3.57. The van der Waals surface area contributed by atoms with Gasteiger partial charge in [0, 0.05) is 5.57 Å². The number of benzene rings is 2. The van der Waals surface area contributed by atoms with E-state index in [1.807, 2.05) is 54.6 Å². The molecule has 0 saturated carbocycles. The zero-order chi connectivity index (χ0) is 18.5. The smallest absolute Gasteiger partial charge is 0.338 e. The molecule has 1 aliphatic heterocycles. The third-order valence-electron chi connectivity index (χ3n) is 4.06. The molecule has 5 heteroatoms. The molecular weight excluding hydrogens is 332 g/mol. The summed E-state index contributed by atoms with van der Waals surface area (Å²) in [6, 6.07) is 13.3. The number of ether oxygens (including phenoxy) is 4. The molecule has 134 valence electrons. The molecule has 1 fully saturated rings. The Morgan fingerprint density at radius 1 is 0.885 bits per heavy atom. The van der Waals surface area contributed by atoms with Crippen molar-refractivity contribution in [1.29, 1.82) is 0 Å². The van der Waals surface area contributed by atoms with Gasteiger partial charge in [0.05, 0.1) is 26.9 Å². The Balaban J connectivity index is 2.03. The van der Waals surface area contributed by atoms with Gasteiger partial charge in [-0.15, -0.1) is 0 Å². The van der Waals surface area contributed by atoms with Gasteiger partial charge in [-0.1, -0.05) is 30.3 Å². The van der Waals surface area contributed by atoms with Crippen LogP contribution in [0.5, 0.6) is 17.2 Å². The lowest BCUT2D eigenvalue weighted by molar-refractivity contribution is -0.134. The van der Waals surface area contributed by atoms with E-state index >= 15 is 0 Å². The Kier molecular flexibility index (Phi) is 5.27. The summed E-state index contributed by atoms with van der Waals surface area (Å²) in [6.45, 7) is 0.230. The van der Waals surface area contributed by atoms with E-state index in [2.05, 4.69) is 0 Å². The van der Waals surface area contributed by atoms with Crippen LogP contribution in [0.15, 0.2) is 53.6 Å². The van der Waals surface area contributed by atoms with Crippen LogP contribution in [-0.2, 0) is 9.53 Å². The lowest BCUT2D eigenvalue weighted by Gasteiger charge is -2.13. The molecule has 0 amide bonds. The van der Waals surface area contributed by atoms with Gasteiger partial charge in [0.2, 0.25) is 5.75 Å². The molecule has 0 radical (unpaired) electrons. The summed E-state index contributed by atoms with van der Waals surface area (Å²) in [5.41, 5.74) is 3.11. The Hall–Kier alpha value is -3.21. The summed E-state index contributed by atoms with van der Waals surface area (Å²) in [5.74, 6) is 1.30. The molecule has 0 unspecified atom stereocenters. The van der Waals surface area contributed by atoms with E-state index < -0.39 is 0 Å². The van der Waals surface area contributed by atoms with Gasteiger partial charge >= 0.3 is 5.97 Å². The first kappa shape index (κ1) is 17.6. The van der Waals surface area contributed by atoms with Gasteiger partial charge in [-0.25, -0.2) is 4.79 Å². The van der Waals surface area contributed by atoms with Crippen molar-refractivity contribution in [3.63, 3.8) is 0 Å². The first-order valence-corrected chi connectivity index (χ1v) is 8.11. The van der Waals surface area contributed by atoms with Crippen molar-refractivity contribution >= 4 is 18.1 Å². The Morgan fingerprint density at radius 2 is 1.54 bits per heavy atom. The average Bonchev–Trinajstić information content (AvgIpc) is 3.01. The highest BCUT2D eigenvalue weighted by Crippen LogP contribution is 2.39. The fourth-order valence-electron chi connectivity index (χ4n) is 2.80. The van der Waals surface area contributed by atoms with E-state index in [9.17, 15) is 4.79 Å². The van der Waals surface area contributed by atoms with E-state index in [0.29, 0.717) is 22.8 Å². The standard InChI is InChI=1S/C21H20O5/c1-23-18-11-15(12-19(24-2)20(18)25-3)9-16-13-26-21(22)17(16)10-14-7-5-4-6-8-14/h4-12H,13H2,1-3H3/b16-9-,17-10+. The largest absolute Gasteiger partial charge is 0.493 e. The van der Waals surface area contributed by atoms with Crippen molar-refractivity contribution in [3.05, 3.63) is 64.7 Å². The number of esters is 1. The van der Waals surface area contributed by atoms with Crippen LogP contribution in [0.4, 0.5) is 0 Å². The molecule has 0 bridgehead atoms. The zero-order valence-electron chi connectivity index (χ0n) is 14.9. The number of methoxy groups -OCH3 is 3. The van der Waals surface area contributed by atoms with Crippen LogP contribution < -0.4 is 14.2 Å². The fourth-order valence-corrected chi connectivity index (χ4v) is 2.80. The van der Waals surface area contributed by atoms with Crippen molar-refractivity contribution < 1.29 is 23.7 Å². The first-order valence-electron chi connectivity index (χ1n) is 8.11. The van der Waals surface area contributed by atoms with Crippen LogP contribution in [0.1, 0.15) is 11.1 Å². The second-order valence-electron chi connectivity index (χ2n) is 5.67. The van der Waals surface area contributed by atoms with E-state index in [-0.39, 0.29) is 12.6 Å².